The molecular weight excluding hydrogens is 286 g/mol. The first-order chi connectivity index (χ1) is 10.6. The molecule has 7 heteroatoms. The highest BCUT2D eigenvalue weighted by molar-refractivity contribution is 6.00. The van der Waals surface area contributed by atoms with Crippen LogP contribution in [-0.4, -0.2) is 43.7 Å². The minimum atomic E-state index is -0.471. The summed E-state index contributed by atoms with van der Waals surface area (Å²) in [4.78, 5) is 25.0. The second-order valence-corrected chi connectivity index (χ2v) is 5.71. The molecule has 2 aliphatic rings. The zero-order chi connectivity index (χ0) is 15.5. The number of nitrogens with one attached hydrogen (secondary N) is 1. The maximum absolute atomic E-state index is 12.4. The molecule has 1 aromatic rings. The normalized spacial score (nSPS) is 18.1. The molecule has 1 saturated carbocycles. The SMILES string of the molecule is O=C(NCC1CC1)c1cc([N+](=O)[O-])ccc1N1CCOCC1. The zero-order valence-electron chi connectivity index (χ0n) is 12.3. The molecule has 2 fully saturated rings. The van der Waals surface area contributed by atoms with Gasteiger partial charge in [0, 0.05) is 31.8 Å². The summed E-state index contributed by atoms with van der Waals surface area (Å²) in [7, 11) is 0. The Bertz CT molecular complexity index is 580. The number of amides is 1. The molecule has 118 valence electrons. The number of hydrogen-bond donors (Lipinski definition) is 1. The Morgan fingerprint density at radius 2 is 2.09 bits per heavy atom. The van der Waals surface area contributed by atoms with E-state index < -0.39 is 4.92 Å². The molecule has 0 atom stereocenters. The Labute approximate surface area is 128 Å². The molecule has 7 nitrogen and oxygen atoms in total. The van der Waals surface area contributed by atoms with E-state index in [-0.39, 0.29) is 11.6 Å². The van der Waals surface area contributed by atoms with E-state index in [1.54, 1.807) is 6.07 Å². The van der Waals surface area contributed by atoms with Crippen molar-refractivity contribution in [1.82, 2.24) is 5.32 Å². The van der Waals surface area contributed by atoms with Crippen LogP contribution in [0.1, 0.15) is 23.2 Å². The molecule has 0 radical (unpaired) electrons. The van der Waals surface area contributed by atoms with Gasteiger partial charge in [0.05, 0.1) is 29.4 Å². The summed E-state index contributed by atoms with van der Waals surface area (Å²) >= 11 is 0. The maximum Gasteiger partial charge on any atom is 0.270 e. The van der Waals surface area contributed by atoms with Crippen LogP contribution in [0.2, 0.25) is 0 Å². The highest BCUT2D eigenvalue weighted by atomic mass is 16.6. The molecular formula is C15H19N3O4. The second-order valence-electron chi connectivity index (χ2n) is 5.71. The molecule has 1 aliphatic carbocycles. The van der Waals surface area contributed by atoms with Crippen LogP contribution < -0.4 is 10.2 Å². The molecule has 3 rings (SSSR count). The first-order valence-electron chi connectivity index (χ1n) is 7.54. The predicted molar refractivity (Wildman–Crippen MR) is 81.2 cm³/mol. The zero-order valence-corrected chi connectivity index (χ0v) is 12.3. The largest absolute Gasteiger partial charge is 0.378 e. The van der Waals surface area contributed by atoms with E-state index >= 15 is 0 Å². The summed E-state index contributed by atoms with van der Waals surface area (Å²) in [5.74, 6) is 0.326. The highest BCUT2D eigenvalue weighted by Gasteiger charge is 2.25. The summed E-state index contributed by atoms with van der Waals surface area (Å²) in [6.07, 6.45) is 2.29. The number of carbonyl (C=O) groups is 1. The second kappa shape index (κ2) is 6.31. The lowest BCUT2D eigenvalue weighted by Crippen LogP contribution is -2.38. The minimum absolute atomic E-state index is 0.0615. The van der Waals surface area contributed by atoms with Gasteiger partial charge in [-0.05, 0) is 24.8 Å². The van der Waals surface area contributed by atoms with Gasteiger partial charge < -0.3 is 15.0 Å². The number of nitrogens with zero attached hydrogens (tertiary/aromatic N) is 2. The van der Waals surface area contributed by atoms with Gasteiger partial charge in [-0.2, -0.15) is 0 Å². The van der Waals surface area contributed by atoms with Crippen LogP contribution in [-0.2, 0) is 4.74 Å². The number of nitro groups is 1. The number of benzene rings is 1. The molecule has 0 aromatic heterocycles. The van der Waals surface area contributed by atoms with Crippen molar-refractivity contribution in [2.45, 2.75) is 12.8 Å². The van der Waals surface area contributed by atoms with Crippen LogP contribution in [0.4, 0.5) is 11.4 Å². The van der Waals surface area contributed by atoms with Gasteiger partial charge >= 0.3 is 0 Å². The first-order valence-corrected chi connectivity index (χ1v) is 7.54. The molecule has 0 spiro atoms. The summed E-state index contributed by atoms with van der Waals surface area (Å²) < 4.78 is 5.32. The Morgan fingerprint density at radius 1 is 1.36 bits per heavy atom. The van der Waals surface area contributed by atoms with Crippen molar-refractivity contribution in [3.05, 3.63) is 33.9 Å². The van der Waals surface area contributed by atoms with E-state index in [0.29, 0.717) is 44.3 Å². The Morgan fingerprint density at radius 3 is 2.73 bits per heavy atom. The smallest absolute Gasteiger partial charge is 0.270 e. The van der Waals surface area contributed by atoms with Gasteiger partial charge in [-0.1, -0.05) is 0 Å². The summed E-state index contributed by atoms with van der Waals surface area (Å²) in [5, 5.41) is 13.9. The topological polar surface area (TPSA) is 84.7 Å². The van der Waals surface area contributed by atoms with Gasteiger partial charge in [0.25, 0.3) is 11.6 Å². The predicted octanol–water partition coefficient (Wildman–Crippen LogP) is 1.57. The number of non-ortho nitro benzene ring substituents is 1. The van der Waals surface area contributed by atoms with Gasteiger partial charge in [-0.3, -0.25) is 14.9 Å². The fourth-order valence-corrected chi connectivity index (χ4v) is 2.55. The molecule has 0 unspecified atom stereocenters. The summed E-state index contributed by atoms with van der Waals surface area (Å²) in [6.45, 7) is 3.20. The Kier molecular flexibility index (Phi) is 4.24. The fourth-order valence-electron chi connectivity index (χ4n) is 2.55. The van der Waals surface area contributed by atoms with Crippen molar-refractivity contribution in [1.29, 1.82) is 0 Å². The molecule has 1 heterocycles. The molecule has 1 aliphatic heterocycles. The van der Waals surface area contributed by atoms with E-state index in [9.17, 15) is 14.9 Å². The number of rotatable bonds is 5. The molecule has 1 aromatic carbocycles. The molecule has 1 saturated heterocycles. The lowest BCUT2D eigenvalue weighted by molar-refractivity contribution is -0.384. The van der Waals surface area contributed by atoms with E-state index in [1.807, 2.05) is 4.90 Å². The first kappa shape index (κ1) is 14.8. The van der Waals surface area contributed by atoms with E-state index in [2.05, 4.69) is 5.32 Å². The molecule has 1 N–H and O–H groups in total. The number of carbonyl (C=O) groups excluding carboxylic acids is 1. The van der Waals surface area contributed by atoms with Crippen molar-refractivity contribution in [3.8, 4) is 0 Å². The molecule has 0 bridgehead atoms. The van der Waals surface area contributed by atoms with Gasteiger partial charge in [-0.25, -0.2) is 0 Å². The van der Waals surface area contributed by atoms with Crippen molar-refractivity contribution in [3.63, 3.8) is 0 Å². The van der Waals surface area contributed by atoms with Crippen molar-refractivity contribution >= 4 is 17.3 Å². The van der Waals surface area contributed by atoms with Crippen molar-refractivity contribution < 1.29 is 14.5 Å². The quantitative estimate of drug-likeness (QED) is 0.659. The number of morpholine rings is 1. The highest BCUT2D eigenvalue weighted by Crippen LogP contribution is 2.29. The number of nitro benzene ring substituents is 1. The third-order valence-corrected chi connectivity index (χ3v) is 4.04. The maximum atomic E-state index is 12.4. The Hall–Kier alpha value is -2.15. The van der Waals surface area contributed by atoms with Crippen LogP contribution in [0.25, 0.3) is 0 Å². The average Bonchev–Trinajstić information content (AvgIpc) is 3.37. The van der Waals surface area contributed by atoms with Crippen LogP contribution in [0.3, 0.4) is 0 Å². The third kappa shape index (κ3) is 3.36. The van der Waals surface area contributed by atoms with Crippen LogP contribution in [0.15, 0.2) is 18.2 Å². The van der Waals surface area contributed by atoms with Crippen molar-refractivity contribution in [2.75, 3.05) is 37.7 Å². The number of anilines is 1. The average molecular weight is 305 g/mol. The van der Waals surface area contributed by atoms with E-state index in [1.165, 1.54) is 12.1 Å². The van der Waals surface area contributed by atoms with Gasteiger partial charge in [-0.15, -0.1) is 0 Å². The van der Waals surface area contributed by atoms with E-state index in [0.717, 1.165) is 18.5 Å². The lowest BCUT2D eigenvalue weighted by Gasteiger charge is -2.30. The summed E-state index contributed by atoms with van der Waals surface area (Å²) in [6, 6.07) is 4.48. The number of ether oxygens (including phenoxy) is 1. The minimum Gasteiger partial charge on any atom is -0.378 e. The fraction of sp³-hybridized carbons (Fsp3) is 0.533. The number of hydrogen-bond acceptors (Lipinski definition) is 5. The van der Waals surface area contributed by atoms with Gasteiger partial charge in [0.15, 0.2) is 0 Å². The van der Waals surface area contributed by atoms with Crippen LogP contribution >= 0.6 is 0 Å². The van der Waals surface area contributed by atoms with Gasteiger partial charge in [0.2, 0.25) is 0 Å². The van der Waals surface area contributed by atoms with Crippen molar-refractivity contribution in [2.24, 2.45) is 5.92 Å². The van der Waals surface area contributed by atoms with E-state index in [4.69, 9.17) is 4.74 Å². The Balaban J connectivity index is 1.85. The molecule has 22 heavy (non-hydrogen) atoms. The summed E-state index contributed by atoms with van der Waals surface area (Å²) in [5.41, 5.74) is 1.05. The lowest BCUT2D eigenvalue weighted by atomic mass is 10.1. The molecule has 1 amide bonds. The van der Waals surface area contributed by atoms with Crippen LogP contribution in [0.5, 0.6) is 0 Å². The standard InChI is InChI=1S/C15H19N3O4/c19-15(16-10-11-1-2-11)13-9-12(18(20)21)3-4-14(13)17-5-7-22-8-6-17/h3-4,9,11H,1-2,5-8,10H2,(H,16,19). The van der Waals surface area contributed by atoms with Gasteiger partial charge in [0.1, 0.15) is 0 Å². The van der Waals surface area contributed by atoms with Crippen LogP contribution in [0, 0.1) is 16.0 Å². The third-order valence-electron chi connectivity index (χ3n) is 4.04. The monoisotopic (exact) mass is 305 g/mol.